The molecule has 2 fully saturated rings. The van der Waals surface area contributed by atoms with Crippen LogP contribution in [0.1, 0.15) is 33.1 Å². The van der Waals surface area contributed by atoms with Crippen LogP contribution >= 0.6 is 11.6 Å². The molecule has 2 aliphatic rings. The Kier molecular flexibility index (Phi) is 3.75. The first-order valence-electron chi connectivity index (χ1n) is 6.25. The van der Waals surface area contributed by atoms with Gasteiger partial charge in [-0.3, -0.25) is 4.79 Å². The lowest BCUT2D eigenvalue weighted by Gasteiger charge is -2.38. The number of hydrogen-bond acceptors (Lipinski definition) is 2. The molecule has 16 heavy (non-hydrogen) atoms. The predicted octanol–water partition coefficient (Wildman–Crippen LogP) is 1.70. The molecule has 2 heterocycles. The normalized spacial score (nSPS) is 29.4. The fourth-order valence-electron chi connectivity index (χ4n) is 2.75. The van der Waals surface area contributed by atoms with Crippen molar-refractivity contribution in [1.29, 1.82) is 0 Å². The van der Waals surface area contributed by atoms with Crippen molar-refractivity contribution in [2.75, 3.05) is 19.6 Å². The second-order valence-corrected chi connectivity index (χ2v) is 5.83. The van der Waals surface area contributed by atoms with Crippen molar-refractivity contribution < 1.29 is 4.79 Å². The van der Waals surface area contributed by atoms with Crippen molar-refractivity contribution in [2.24, 2.45) is 0 Å². The Balaban J connectivity index is 1.87. The average molecular weight is 245 g/mol. The molecule has 0 aromatic heterocycles. The van der Waals surface area contributed by atoms with Crippen LogP contribution in [-0.4, -0.2) is 52.8 Å². The Morgan fingerprint density at radius 2 is 1.94 bits per heavy atom. The molecule has 0 bridgehead atoms. The zero-order chi connectivity index (χ0) is 11.7. The zero-order valence-electron chi connectivity index (χ0n) is 10.2. The van der Waals surface area contributed by atoms with Crippen LogP contribution in [0.15, 0.2) is 0 Å². The zero-order valence-corrected chi connectivity index (χ0v) is 10.9. The molecule has 0 saturated carbocycles. The molecular formula is C12H21ClN2O. The fraction of sp³-hybridized carbons (Fsp3) is 0.917. The molecule has 92 valence electrons. The number of halogens is 1. The highest BCUT2D eigenvalue weighted by molar-refractivity contribution is 6.22. The van der Waals surface area contributed by atoms with E-state index < -0.39 is 0 Å². The SMILES string of the molecule is CC(C)N1CCC(N2CC(Cl)CC2=O)CC1. The summed E-state index contributed by atoms with van der Waals surface area (Å²) in [6.07, 6.45) is 2.74. The Bertz CT molecular complexity index is 262. The number of rotatable bonds is 2. The van der Waals surface area contributed by atoms with E-state index in [-0.39, 0.29) is 11.3 Å². The van der Waals surface area contributed by atoms with Crippen LogP contribution in [0, 0.1) is 0 Å². The van der Waals surface area contributed by atoms with Gasteiger partial charge in [0.15, 0.2) is 0 Å². The molecule has 0 radical (unpaired) electrons. The van der Waals surface area contributed by atoms with Crippen LogP contribution in [0.25, 0.3) is 0 Å². The summed E-state index contributed by atoms with van der Waals surface area (Å²) in [4.78, 5) is 16.2. The summed E-state index contributed by atoms with van der Waals surface area (Å²) in [5.74, 6) is 0.253. The molecule has 0 aliphatic carbocycles. The minimum absolute atomic E-state index is 0.0376. The van der Waals surface area contributed by atoms with Gasteiger partial charge in [0.25, 0.3) is 0 Å². The van der Waals surface area contributed by atoms with Crippen molar-refractivity contribution in [3.63, 3.8) is 0 Å². The molecule has 0 aromatic rings. The molecule has 3 nitrogen and oxygen atoms in total. The molecule has 2 rings (SSSR count). The first kappa shape index (κ1) is 12.2. The van der Waals surface area contributed by atoms with E-state index in [0.29, 0.717) is 18.5 Å². The standard InChI is InChI=1S/C12H21ClN2O/c1-9(2)14-5-3-11(4-6-14)15-8-10(13)7-12(15)16/h9-11H,3-8H2,1-2H3. The number of alkyl halides is 1. The third kappa shape index (κ3) is 2.51. The molecular weight excluding hydrogens is 224 g/mol. The molecule has 0 N–H and O–H groups in total. The van der Waals surface area contributed by atoms with Crippen molar-refractivity contribution in [2.45, 2.75) is 50.6 Å². The maximum atomic E-state index is 11.7. The Morgan fingerprint density at radius 3 is 2.38 bits per heavy atom. The maximum absolute atomic E-state index is 11.7. The number of hydrogen-bond donors (Lipinski definition) is 0. The van der Waals surface area contributed by atoms with Crippen molar-refractivity contribution in [1.82, 2.24) is 9.80 Å². The van der Waals surface area contributed by atoms with Gasteiger partial charge >= 0.3 is 0 Å². The molecule has 2 aliphatic heterocycles. The van der Waals surface area contributed by atoms with Gasteiger partial charge in [-0.2, -0.15) is 0 Å². The molecule has 1 amide bonds. The molecule has 0 aromatic carbocycles. The number of carbonyl (C=O) groups excluding carboxylic acids is 1. The summed E-state index contributed by atoms with van der Waals surface area (Å²) in [6.45, 7) is 7.44. The topological polar surface area (TPSA) is 23.6 Å². The van der Waals surface area contributed by atoms with Crippen LogP contribution in [0.3, 0.4) is 0 Å². The summed E-state index contributed by atoms with van der Waals surface area (Å²) in [7, 11) is 0. The van der Waals surface area contributed by atoms with Gasteiger partial charge in [-0.1, -0.05) is 0 Å². The van der Waals surface area contributed by atoms with Gasteiger partial charge in [-0.25, -0.2) is 0 Å². The number of piperidine rings is 1. The lowest BCUT2D eigenvalue weighted by Crippen LogP contribution is -2.47. The Labute approximate surface area is 103 Å². The van der Waals surface area contributed by atoms with Gasteiger partial charge in [-0.15, -0.1) is 11.6 Å². The van der Waals surface area contributed by atoms with E-state index in [9.17, 15) is 4.79 Å². The van der Waals surface area contributed by atoms with E-state index in [1.165, 1.54) is 0 Å². The van der Waals surface area contributed by atoms with E-state index in [1.54, 1.807) is 0 Å². The van der Waals surface area contributed by atoms with Crippen LogP contribution < -0.4 is 0 Å². The van der Waals surface area contributed by atoms with Gasteiger partial charge < -0.3 is 9.80 Å². The number of nitrogens with zero attached hydrogens (tertiary/aromatic N) is 2. The second kappa shape index (κ2) is 4.92. The number of carbonyl (C=O) groups is 1. The smallest absolute Gasteiger partial charge is 0.224 e. The highest BCUT2D eigenvalue weighted by Gasteiger charge is 2.35. The fourth-order valence-corrected chi connectivity index (χ4v) is 3.03. The first-order chi connectivity index (χ1) is 7.58. The van der Waals surface area contributed by atoms with Crippen LogP contribution in [0.4, 0.5) is 0 Å². The van der Waals surface area contributed by atoms with Gasteiger partial charge in [-0.05, 0) is 26.7 Å². The van der Waals surface area contributed by atoms with E-state index >= 15 is 0 Å². The highest BCUT2D eigenvalue weighted by atomic mass is 35.5. The van der Waals surface area contributed by atoms with Gasteiger partial charge in [0.2, 0.25) is 5.91 Å². The lowest BCUT2D eigenvalue weighted by molar-refractivity contribution is -0.130. The van der Waals surface area contributed by atoms with Gasteiger partial charge in [0.1, 0.15) is 0 Å². The number of amides is 1. The van der Waals surface area contributed by atoms with E-state index in [1.807, 2.05) is 4.90 Å². The van der Waals surface area contributed by atoms with Crippen molar-refractivity contribution in [3.8, 4) is 0 Å². The molecule has 1 unspecified atom stereocenters. The molecule has 4 heteroatoms. The van der Waals surface area contributed by atoms with Crippen LogP contribution in [0.2, 0.25) is 0 Å². The minimum atomic E-state index is 0.0376. The number of likely N-dealkylation sites (tertiary alicyclic amines) is 2. The van der Waals surface area contributed by atoms with Gasteiger partial charge in [0.05, 0.1) is 5.38 Å². The van der Waals surface area contributed by atoms with Crippen molar-refractivity contribution in [3.05, 3.63) is 0 Å². The summed E-state index contributed by atoms with van der Waals surface area (Å²) in [5.41, 5.74) is 0. The monoisotopic (exact) mass is 244 g/mol. The van der Waals surface area contributed by atoms with Crippen LogP contribution in [0.5, 0.6) is 0 Å². The molecule has 0 spiro atoms. The van der Waals surface area contributed by atoms with Crippen molar-refractivity contribution >= 4 is 17.5 Å². The summed E-state index contributed by atoms with van der Waals surface area (Å²) >= 11 is 6.03. The molecule has 1 atom stereocenters. The summed E-state index contributed by atoms with van der Waals surface area (Å²) in [6, 6.07) is 1.06. The second-order valence-electron chi connectivity index (χ2n) is 5.21. The van der Waals surface area contributed by atoms with Gasteiger partial charge in [0, 0.05) is 38.1 Å². The predicted molar refractivity (Wildman–Crippen MR) is 65.7 cm³/mol. The third-order valence-electron chi connectivity index (χ3n) is 3.78. The summed E-state index contributed by atoms with van der Waals surface area (Å²) < 4.78 is 0. The molecule has 2 saturated heterocycles. The first-order valence-corrected chi connectivity index (χ1v) is 6.69. The van der Waals surface area contributed by atoms with E-state index in [2.05, 4.69) is 18.7 Å². The third-order valence-corrected chi connectivity index (χ3v) is 4.07. The Hall–Kier alpha value is -0.280. The Morgan fingerprint density at radius 1 is 1.31 bits per heavy atom. The van der Waals surface area contributed by atoms with E-state index in [4.69, 9.17) is 11.6 Å². The average Bonchev–Trinajstić information content (AvgIpc) is 2.58. The minimum Gasteiger partial charge on any atom is -0.338 e. The largest absolute Gasteiger partial charge is 0.338 e. The summed E-state index contributed by atoms with van der Waals surface area (Å²) in [5, 5.41) is 0.0376. The quantitative estimate of drug-likeness (QED) is 0.691. The highest BCUT2D eigenvalue weighted by Crippen LogP contribution is 2.25. The van der Waals surface area contributed by atoms with E-state index in [0.717, 1.165) is 32.5 Å². The lowest BCUT2D eigenvalue weighted by atomic mass is 10.0. The van der Waals surface area contributed by atoms with Crippen LogP contribution in [-0.2, 0) is 4.79 Å². The maximum Gasteiger partial charge on any atom is 0.224 e.